The Hall–Kier alpha value is -1.13. The van der Waals surface area contributed by atoms with Gasteiger partial charge in [0.2, 0.25) is 0 Å². The zero-order valence-corrected chi connectivity index (χ0v) is 12.7. The van der Waals surface area contributed by atoms with Crippen LogP contribution in [0.2, 0.25) is 0 Å². The van der Waals surface area contributed by atoms with Crippen molar-refractivity contribution in [3.63, 3.8) is 0 Å². The lowest BCUT2D eigenvalue weighted by Crippen LogP contribution is -2.37. The molecule has 1 aliphatic heterocycles. The zero-order valence-electron chi connectivity index (χ0n) is 12.7. The monoisotopic (exact) mass is 280 g/mol. The average molecular weight is 280 g/mol. The molecule has 1 aromatic carbocycles. The van der Waals surface area contributed by atoms with Crippen LogP contribution in [0.25, 0.3) is 0 Å². The molecule has 0 spiro atoms. The first-order chi connectivity index (χ1) is 9.54. The van der Waals surface area contributed by atoms with Crippen LogP contribution < -0.4 is 10.1 Å². The normalized spacial score (nSPS) is 17.6. The number of benzene rings is 1. The van der Waals surface area contributed by atoms with Gasteiger partial charge in [-0.2, -0.15) is 0 Å². The van der Waals surface area contributed by atoms with Crippen LogP contribution in [0.1, 0.15) is 19.4 Å². The number of nitrogens with one attached hydrogen (secondary N) is 1. The molecule has 3 nitrogen and oxygen atoms in total. The average Bonchev–Trinajstić information content (AvgIpc) is 2.75. The van der Waals surface area contributed by atoms with Gasteiger partial charge >= 0.3 is 0 Å². The quantitative estimate of drug-likeness (QED) is 0.776. The van der Waals surface area contributed by atoms with Crippen LogP contribution in [0.3, 0.4) is 0 Å². The highest BCUT2D eigenvalue weighted by molar-refractivity contribution is 5.37. The lowest BCUT2D eigenvalue weighted by atomic mass is 10.1. The lowest BCUT2D eigenvalue weighted by molar-refractivity contribution is 0.169. The molecule has 0 saturated heterocycles. The SMILES string of the molecule is CC(C)CNCCN(C)CC1Cc2cc(F)ccc2O1. The molecule has 1 N–H and O–H groups in total. The van der Waals surface area contributed by atoms with E-state index in [9.17, 15) is 4.39 Å². The maximum atomic E-state index is 13.1. The van der Waals surface area contributed by atoms with Crippen LogP contribution in [0.5, 0.6) is 5.75 Å². The highest BCUT2D eigenvalue weighted by atomic mass is 19.1. The molecule has 1 aromatic rings. The van der Waals surface area contributed by atoms with E-state index in [4.69, 9.17) is 4.74 Å². The van der Waals surface area contributed by atoms with Gasteiger partial charge in [0.15, 0.2) is 0 Å². The van der Waals surface area contributed by atoms with Crippen molar-refractivity contribution in [2.45, 2.75) is 26.4 Å². The van der Waals surface area contributed by atoms with Crippen molar-refractivity contribution in [2.75, 3.05) is 33.2 Å². The van der Waals surface area contributed by atoms with Gasteiger partial charge in [0.05, 0.1) is 0 Å². The number of ether oxygens (including phenoxy) is 1. The van der Waals surface area contributed by atoms with E-state index < -0.39 is 0 Å². The smallest absolute Gasteiger partial charge is 0.123 e. The number of nitrogens with zero attached hydrogens (tertiary/aromatic N) is 1. The molecular formula is C16H25FN2O. The number of fused-ring (bicyclic) bond motifs is 1. The molecule has 112 valence electrons. The summed E-state index contributed by atoms with van der Waals surface area (Å²) in [5, 5.41) is 3.43. The fourth-order valence-corrected chi connectivity index (χ4v) is 2.49. The lowest BCUT2D eigenvalue weighted by Gasteiger charge is -2.21. The fraction of sp³-hybridized carbons (Fsp3) is 0.625. The minimum atomic E-state index is -0.181. The second kappa shape index (κ2) is 7.04. The second-order valence-electron chi connectivity index (χ2n) is 6.06. The summed E-state index contributed by atoms with van der Waals surface area (Å²) in [6, 6.07) is 4.77. The van der Waals surface area contributed by atoms with Gasteiger partial charge < -0.3 is 15.0 Å². The van der Waals surface area contributed by atoms with Gasteiger partial charge in [-0.05, 0) is 37.7 Å². The predicted octanol–water partition coefficient (Wildman–Crippen LogP) is 2.31. The van der Waals surface area contributed by atoms with Crippen molar-refractivity contribution >= 4 is 0 Å². The maximum absolute atomic E-state index is 13.1. The Kier molecular flexibility index (Phi) is 5.38. The standard InChI is InChI=1S/C16H25FN2O/c1-12(2)10-18-6-7-19(3)11-15-9-13-8-14(17)4-5-16(13)20-15/h4-5,8,12,15,18H,6-7,9-11H2,1-3H3. The number of hydrogen-bond donors (Lipinski definition) is 1. The summed E-state index contributed by atoms with van der Waals surface area (Å²) >= 11 is 0. The van der Waals surface area contributed by atoms with Crippen LogP contribution in [-0.2, 0) is 6.42 Å². The minimum Gasteiger partial charge on any atom is -0.488 e. The van der Waals surface area contributed by atoms with Crippen LogP contribution in [0.4, 0.5) is 4.39 Å². The molecule has 1 atom stereocenters. The highest BCUT2D eigenvalue weighted by Crippen LogP contribution is 2.29. The number of hydrogen-bond acceptors (Lipinski definition) is 3. The van der Waals surface area contributed by atoms with Crippen molar-refractivity contribution < 1.29 is 9.13 Å². The van der Waals surface area contributed by atoms with E-state index in [1.54, 1.807) is 12.1 Å². The molecule has 1 heterocycles. The van der Waals surface area contributed by atoms with E-state index in [1.807, 2.05) is 0 Å². The largest absolute Gasteiger partial charge is 0.488 e. The van der Waals surface area contributed by atoms with Crippen molar-refractivity contribution in [1.82, 2.24) is 10.2 Å². The third-order valence-corrected chi connectivity index (χ3v) is 3.50. The van der Waals surface area contributed by atoms with Crippen molar-refractivity contribution in [3.8, 4) is 5.75 Å². The van der Waals surface area contributed by atoms with E-state index in [-0.39, 0.29) is 11.9 Å². The highest BCUT2D eigenvalue weighted by Gasteiger charge is 2.24. The van der Waals surface area contributed by atoms with E-state index >= 15 is 0 Å². The van der Waals surface area contributed by atoms with Crippen molar-refractivity contribution in [1.29, 1.82) is 0 Å². The molecule has 20 heavy (non-hydrogen) atoms. The predicted molar refractivity (Wildman–Crippen MR) is 79.7 cm³/mol. The maximum Gasteiger partial charge on any atom is 0.123 e. The molecule has 1 aliphatic rings. The van der Waals surface area contributed by atoms with Crippen molar-refractivity contribution in [2.24, 2.45) is 5.92 Å². The van der Waals surface area contributed by atoms with Crippen LogP contribution in [0.15, 0.2) is 18.2 Å². The summed E-state index contributed by atoms with van der Waals surface area (Å²) < 4.78 is 19.0. The van der Waals surface area contributed by atoms with Gasteiger partial charge in [0.1, 0.15) is 17.7 Å². The molecule has 0 bridgehead atoms. The van der Waals surface area contributed by atoms with E-state index in [2.05, 4.69) is 31.1 Å². The molecule has 0 fully saturated rings. The summed E-state index contributed by atoms with van der Waals surface area (Å²) in [7, 11) is 2.10. The molecule has 0 aliphatic carbocycles. The first-order valence-electron chi connectivity index (χ1n) is 7.39. The summed E-state index contributed by atoms with van der Waals surface area (Å²) in [5.41, 5.74) is 0.987. The van der Waals surface area contributed by atoms with Gasteiger partial charge in [-0.15, -0.1) is 0 Å². The third-order valence-electron chi connectivity index (χ3n) is 3.50. The molecule has 0 saturated carbocycles. The Bertz CT molecular complexity index is 436. The minimum absolute atomic E-state index is 0.141. The van der Waals surface area contributed by atoms with Crippen LogP contribution >= 0.6 is 0 Å². The molecule has 0 aromatic heterocycles. The Labute approximate surface area is 121 Å². The third kappa shape index (κ3) is 4.46. The zero-order chi connectivity index (χ0) is 14.5. The summed E-state index contributed by atoms with van der Waals surface area (Å²) in [5.74, 6) is 1.34. The summed E-state index contributed by atoms with van der Waals surface area (Å²) in [6.07, 6.45) is 0.943. The topological polar surface area (TPSA) is 24.5 Å². The number of halogens is 1. The number of likely N-dealkylation sites (N-methyl/N-ethyl adjacent to an activating group) is 1. The van der Waals surface area contributed by atoms with E-state index in [0.29, 0.717) is 5.92 Å². The Morgan fingerprint density at radius 2 is 2.25 bits per heavy atom. The molecule has 4 heteroatoms. The fourth-order valence-electron chi connectivity index (χ4n) is 2.49. The van der Waals surface area contributed by atoms with Crippen molar-refractivity contribution in [3.05, 3.63) is 29.6 Å². The molecular weight excluding hydrogens is 255 g/mol. The van der Waals surface area contributed by atoms with E-state index in [1.165, 1.54) is 6.07 Å². The molecule has 1 unspecified atom stereocenters. The van der Waals surface area contributed by atoms with E-state index in [0.717, 1.165) is 43.9 Å². The summed E-state index contributed by atoms with van der Waals surface area (Å²) in [6.45, 7) is 8.33. The van der Waals surface area contributed by atoms with Crippen LogP contribution in [0, 0.1) is 11.7 Å². The Morgan fingerprint density at radius 3 is 3.00 bits per heavy atom. The van der Waals surface area contributed by atoms with Gasteiger partial charge in [0, 0.05) is 31.6 Å². The second-order valence-corrected chi connectivity index (χ2v) is 6.06. The number of rotatable bonds is 7. The van der Waals surface area contributed by atoms with Crippen LogP contribution in [-0.4, -0.2) is 44.2 Å². The molecule has 0 amide bonds. The first-order valence-corrected chi connectivity index (χ1v) is 7.39. The molecule has 0 radical (unpaired) electrons. The Balaban J connectivity index is 1.70. The van der Waals surface area contributed by atoms with Gasteiger partial charge in [-0.25, -0.2) is 4.39 Å². The summed E-state index contributed by atoms with van der Waals surface area (Å²) in [4.78, 5) is 2.26. The first kappa shape index (κ1) is 15.3. The van der Waals surface area contributed by atoms with Gasteiger partial charge in [-0.3, -0.25) is 0 Å². The van der Waals surface area contributed by atoms with Gasteiger partial charge in [-0.1, -0.05) is 13.8 Å². The Morgan fingerprint density at radius 1 is 1.45 bits per heavy atom. The van der Waals surface area contributed by atoms with Gasteiger partial charge in [0.25, 0.3) is 0 Å². The molecule has 2 rings (SSSR count).